The number of ether oxygens (including phenoxy) is 1. The Kier molecular flexibility index (Phi) is 15.2. The molecule has 116 valence electrons. The summed E-state index contributed by atoms with van der Waals surface area (Å²) in [7, 11) is 0. The Hall–Kier alpha value is -1.05. The summed E-state index contributed by atoms with van der Waals surface area (Å²) in [5, 5.41) is 0. The predicted molar refractivity (Wildman–Crippen MR) is 86.8 cm³/mol. The lowest BCUT2D eigenvalue weighted by atomic mass is 10.1. The minimum Gasteiger partial charge on any atom is -0.461 e. The number of allylic oxidation sites excluding steroid dienone is 3. The minimum atomic E-state index is -0.0712. The van der Waals surface area contributed by atoms with Crippen molar-refractivity contribution in [2.45, 2.75) is 78.1 Å². The number of carbonyl (C=O) groups is 1. The molecule has 0 saturated heterocycles. The molecule has 0 aliphatic carbocycles. The maximum absolute atomic E-state index is 11.4. The Labute approximate surface area is 125 Å². The monoisotopic (exact) mass is 280 g/mol. The van der Waals surface area contributed by atoms with Crippen molar-refractivity contribution < 1.29 is 9.53 Å². The molecule has 0 N–H and O–H groups in total. The van der Waals surface area contributed by atoms with Crippen LogP contribution < -0.4 is 0 Å². The maximum Gasteiger partial charge on any atom is 0.306 e. The average molecular weight is 280 g/mol. The third-order valence-electron chi connectivity index (χ3n) is 3.26. The van der Waals surface area contributed by atoms with Crippen molar-refractivity contribution >= 4 is 5.97 Å². The summed E-state index contributed by atoms with van der Waals surface area (Å²) in [5.74, 6) is -0.0712. The van der Waals surface area contributed by atoms with Gasteiger partial charge in [0.25, 0.3) is 0 Å². The highest BCUT2D eigenvalue weighted by Crippen LogP contribution is 2.10. The molecule has 0 unspecified atom stereocenters. The third kappa shape index (κ3) is 15.0. The molecule has 0 saturated carbocycles. The van der Waals surface area contributed by atoms with Crippen LogP contribution in [0, 0.1) is 0 Å². The van der Waals surface area contributed by atoms with Crippen molar-refractivity contribution in [2.24, 2.45) is 0 Å². The van der Waals surface area contributed by atoms with Crippen LogP contribution in [0.15, 0.2) is 24.3 Å². The molecule has 0 aromatic carbocycles. The second-order valence-electron chi connectivity index (χ2n) is 5.22. The van der Waals surface area contributed by atoms with Crippen molar-refractivity contribution in [3.8, 4) is 0 Å². The van der Waals surface area contributed by atoms with Gasteiger partial charge in [-0.15, -0.1) is 0 Å². The fourth-order valence-corrected chi connectivity index (χ4v) is 2.04. The first-order chi connectivity index (χ1) is 9.81. The molecule has 0 radical (unpaired) electrons. The zero-order valence-electron chi connectivity index (χ0n) is 13.4. The van der Waals surface area contributed by atoms with Crippen LogP contribution in [0.2, 0.25) is 0 Å². The summed E-state index contributed by atoms with van der Waals surface area (Å²) in [4.78, 5) is 11.4. The largest absolute Gasteiger partial charge is 0.461 e. The molecule has 20 heavy (non-hydrogen) atoms. The Balaban J connectivity index is 3.23. The fourth-order valence-electron chi connectivity index (χ4n) is 2.04. The van der Waals surface area contributed by atoms with Gasteiger partial charge in [-0.3, -0.25) is 4.79 Å². The van der Waals surface area contributed by atoms with E-state index < -0.39 is 0 Å². The van der Waals surface area contributed by atoms with Gasteiger partial charge in [0, 0.05) is 6.42 Å². The summed E-state index contributed by atoms with van der Waals surface area (Å²) in [6.07, 6.45) is 19.6. The van der Waals surface area contributed by atoms with E-state index >= 15 is 0 Å². The van der Waals surface area contributed by atoms with Crippen LogP contribution in [-0.2, 0) is 9.53 Å². The molecule has 0 amide bonds. The zero-order chi connectivity index (χ0) is 14.9. The first-order valence-electron chi connectivity index (χ1n) is 8.24. The van der Waals surface area contributed by atoms with Crippen LogP contribution in [0.5, 0.6) is 0 Å². The molecule has 0 aromatic rings. The lowest BCUT2D eigenvalue weighted by Crippen LogP contribution is -2.03. The van der Waals surface area contributed by atoms with E-state index in [4.69, 9.17) is 4.74 Å². The normalized spacial score (nSPS) is 11.5. The highest BCUT2D eigenvalue weighted by atomic mass is 16.5. The first kappa shape index (κ1) is 18.9. The summed E-state index contributed by atoms with van der Waals surface area (Å²) in [5.41, 5.74) is 0. The van der Waals surface area contributed by atoms with Crippen molar-refractivity contribution in [1.82, 2.24) is 0 Å². The second-order valence-corrected chi connectivity index (χ2v) is 5.22. The standard InChI is InChI=1S/C18H32O2/c1-3-5-7-9-10-11-12-13-14-16-18(19)20-17-15-8-6-4-2/h4,6,8,15H,3,5,7,9-14,16-17H2,1-2H3. The highest BCUT2D eigenvalue weighted by Gasteiger charge is 2.00. The molecule has 0 rings (SSSR count). The number of esters is 1. The topological polar surface area (TPSA) is 26.3 Å². The molecule has 0 fully saturated rings. The molecule has 0 atom stereocenters. The quantitative estimate of drug-likeness (QED) is 0.250. The second kappa shape index (κ2) is 16.0. The molecular formula is C18H32O2. The Bertz CT molecular complexity index is 267. The van der Waals surface area contributed by atoms with E-state index in [-0.39, 0.29) is 5.97 Å². The van der Waals surface area contributed by atoms with Gasteiger partial charge in [0.2, 0.25) is 0 Å². The SMILES string of the molecule is CC=CC=CCOC(=O)CCCCCCCCCCC. The van der Waals surface area contributed by atoms with E-state index in [1.165, 1.54) is 44.9 Å². The number of carbonyl (C=O) groups excluding carboxylic acids is 1. The van der Waals surface area contributed by atoms with E-state index in [9.17, 15) is 4.79 Å². The van der Waals surface area contributed by atoms with Crippen LogP contribution in [0.1, 0.15) is 78.1 Å². The molecule has 2 nitrogen and oxygen atoms in total. The van der Waals surface area contributed by atoms with Crippen LogP contribution in [0.3, 0.4) is 0 Å². The Morgan fingerprint density at radius 1 is 0.900 bits per heavy atom. The molecule has 0 aromatic heterocycles. The van der Waals surface area contributed by atoms with E-state index in [1.807, 2.05) is 31.2 Å². The van der Waals surface area contributed by atoms with Crippen molar-refractivity contribution in [3.05, 3.63) is 24.3 Å². The average Bonchev–Trinajstić information content (AvgIpc) is 2.45. The lowest BCUT2D eigenvalue weighted by molar-refractivity contribution is -0.142. The van der Waals surface area contributed by atoms with Crippen LogP contribution >= 0.6 is 0 Å². The fraction of sp³-hybridized carbons (Fsp3) is 0.722. The summed E-state index contributed by atoms with van der Waals surface area (Å²) >= 11 is 0. The van der Waals surface area contributed by atoms with Crippen molar-refractivity contribution in [3.63, 3.8) is 0 Å². The van der Waals surface area contributed by atoms with Crippen molar-refractivity contribution in [1.29, 1.82) is 0 Å². The van der Waals surface area contributed by atoms with E-state index in [0.717, 1.165) is 12.8 Å². The summed E-state index contributed by atoms with van der Waals surface area (Å²) < 4.78 is 5.10. The third-order valence-corrected chi connectivity index (χ3v) is 3.26. The molecule has 2 heteroatoms. The first-order valence-corrected chi connectivity index (χ1v) is 8.24. The van der Waals surface area contributed by atoms with Gasteiger partial charge in [-0.05, 0) is 19.4 Å². The molecule has 0 spiro atoms. The number of rotatable bonds is 13. The highest BCUT2D eigenvalue weighted by molar-refractivity contribution is 5.69. The molecule has 0 aliphatic rings. The van der Waals surface area contributed by atoms with Crippen LogP contribution in [-0.4, -0.2) is 12.6 Å². The predicted octanol–water partition coefficient (Wildman–Crippen LogP) is 5.58. The van der Waals surface area contributed by atoms with Gasteiger partial charge < -0.3 is 4.74 Å². The van der Waals surface area contributed by atoms with E-state index in [2.05, 4.69) is 6.92 Å². The van der Waals surface area contributed by atoms with E-state index in [0.29, 0.717) is 13.0 Å². The van der Waals surface area contributed by atoms with Gasteiger partial charge in [-0.2, -0.15) is 0 Å². The zero-order valence-corrected chi connectivity index (χ0v) is 13.4. The molecular weight excluding hydrogens is 248 g/mol. The molecule has 0 bridgehead atoms. The number of hydrogen-bond donors (Lipinski definition) is 0. The van der Waals surface area contributed by atoms with Gasteiger partial charge in [-0.25, -0.2) is 0 Å². The van der Waals surface area contributed by atoms with Gasteiger partial charge in [0.1, 0.15) is 6.61 Å². The van der Waals surface area contributed by atoms with E-state index in [1.54, 1.807) is 0 Å². The van der Waals surface area contributed by atoms with Gasteiger partial charge in [-0.1, -0.05) is 76.5 Å². The lowest BCUT2D eigenvalue weighted by Gasteiger charge is -2.03. The van der Waals surface area contributed by atoms with Gasteiger partial charge in [0.05, 0.1) is 0 Å². The Morgan fingerprint density at radius 3 is 2.10 bits per heavy atom. The molecule has 0 heterocycles. The molecule has 0 aliphatic heterocycles. The summed E-state index contributed by atoms with van der Waals surface area (Å²) in [6.45, 7) is 4.59. The van der Waals surface area contributed by atoms with Gasteiger partial charge in [0.15, 0.2) is 0 Å². The van der Waals surface area contributed by atoms with Crippen LogP contribution in [0.25, 0.3) is 0 Å². The summed E-state index contributed by atoms with van der Waals surface area (Å²) in [6, 6.07) is 0. The smallest absolute Gasteiger partial charge is 0.306 e. The Morgan fingerprint density at radius 2 is 1.50 bits per heavy atom. The minimum absolute atomic E-state index is 0.0712. The van der Waals surface area contributed by atoms with Crippen LogP contribution in [0.4, 0.5) is 0 Å². The maximum atomic E-state index is 11.4. The number of hydrogen-bond acceptors (Lipinski definition) is 2. The van der Waals surface area contributed by atoms with Crippen molar-refractivity contribution in [2.75, 3.05) is 6.61 Å². The van der Waals surface area contributed by atoms with Gasteiger partial charge >= 0.3 is 5.97 Å². The number of unbranched alkanes of at least 4 members (excludes halogenated alkanes) is 8.